The topological polar surface area (TPSA) is 46.0 Å². The lowest BCUT2D eigenvalue weighted by atomic mass is 10.3. The van der Waals surface area contributed by atoms with Crippen molar-refractivity contribution < 1.29 is 0 Å². The third-order valence-corrected chi connectivity index (χ3v) is 3.84. The fourth-order valence-electron chi connectivity index (χ4n) is 2.07. The highest BCUT2D eigenvalue weighted by atomic mass is 32.1. The zero-order chi connectivity index (χ0) is 14.4. The fourth-order valence-corrected chi connectivity index (χ4v) is 2.83. The van der Waals surface area contributed by atoms with E-state index < -0.39 is 0 Å². The summed E-state index contributed by atoms with van der Waals surface area (Å²) in [5, 5.41) is 10.9. The molecule has 0 unspecified atom stereocenters. The van der Waals surface area contributed by atoms with Gasteiger partial charge >= 0.3 is 0 Å². The van der Waals surface area contributed by atoms with Crippen LogP contribution in [0.1, 0.15) is 29.6 Å². The van der Waals surface area contributed by atoms with Crippen molar-refractivity contribution in [2.75, 3.05) is 13.6 Å². The molecule has 0 aliphatic heterocycles. The molecule has 5 nitrogen and oxygen atoms in total. The van der Waals surface area contributed by atoms with E-state index >= 15 is 0 Å². The van der Waals surface area contributed by atoms with Gasteiger partial charge in [-0.2, -0.15) is 5.10 Å². The highest BCUT2D eigenvalue weighted by Gasteiger charge is 2.07. The monoisotopic (exact) mass is 293 g/mol. The van der Waals surface area contributed by atoms with Crippen LogP contribution >= 0.6 is 11.3 Å². The highest BCUT2D eigenvalue weighted by Crippen LogP contribution is 2.12. The van der Waals surface area contributed by atoms with Gasteiger partial charge in [0.15, 0.2) is 0 Å². The Bertz CT molecular complexity index is 519. The van der Waals surface area contributed by atoms with Crippen molar-refractivity contribution >= 4 is 11.3 Å². The molecule has 0 aromatic carbocycles. The van der Waals surface area contributed by atoms with E-state index in [1.54, 1.807) is 11.3 Å². The quantitative estimate of drug-likeness (QED) is 0.756. The van der Waals surface area contributed by atoms with Gasteiger partial charge in [-0.25, -0.2) is 4.98 Å². The van der Waals surface area contributed by atoms with Crippen LogP contribution < -0.4 is 5.32 Å². The predicted molar refractivity (Wildman–Crippen MR) is 82.5 cm³/mol. The van der Waals surface area contributed by atoms with Crippen molar-refractivity contribution in [2.24, 2.45) is 7.05 Å². The largest absolute Gasteiger partial charge is 0.310 e. The Kier molecular flexibility index (Phi) is 5.70. The Balaban J connectivity index is 1.80. The Hall–Kier alpha value is -1.24. The van der Waals surface area contributed by atoms with Crippen LogP contribution in [0.4, 0.5) is 0 Å². The van der Waals surface area contributed by atoms with Crippen LogP contribution in [-0.2, 0) is 26.7 Å². The number of nitrogens with zero attached hydrogens (tertiary/aromatic N) is 4. The molecule has 0 atom stereocenters. The minimum Gasteiger partial charge on any atom is -0.310 e. The minimum absolute atomic E-state index is 0.874. The third kappa shape index (κ3) is 4.70. The van der Waals surface area contributed by atoms with E-state index in [2.05, 4.69) is 45.8 Å². The Morgan fingerprint density at radius 1 is 1.40 bits per heavy atom. The summed E-state index contributed by atoms with van der Waals surface area (Å²) in [5.74, 6) is 0. The summed E-state index contributed by atoms with van der Waals surface area (Å²) < 4.78 is 1.84. The van der Waals surface area contributed by atoms with Crippen molar-refractivity contribution in [3.63, 3.8) is 0 Å². The summed E-state index contributed by atoms with van der Waals surface area (Å²) >= 11 is 1.74. The number of aryl methyl sites for hydroxylation is 1. The van der Waals surface area contributed by atoms with E-state index in [0.717, 1.165) is 38.3 Å². The van der Waals surface area contributed by atoms with Gasteiger partial charge in [0.2, 0.25) is 0 Å². The van der Waals surface area contributed by atoms with Gasteiger partial charge < -0.3 is 5.32 Å². The summed E-state index contributed by atoms with van der Waals surface area (Å²) in [6.45, 7) is 5.88. The van der Waals surface area contributed by atoms with Gasteiger partial charge in [-0.3, -0.25) is 9.58 Å². The maximum atomic E-state index is 4.66. The molecule has 6 heteroatoms. The van der Waals surface area contributed by atoms with Crippen molar-refractivity contribution in [1.82, 2.24) is 25.0 Å². The summed E-state index contributed by atoms with van der Waals surface area (Å²) in [6.07, 6.45) is 5.13. The smallest absolute Gasteiger partial charge is 0.107 e. The molecule has 2 heterocycles. The molecule has 2 aromatic heterocycles. The number of hydrogen-bond donors (Lipinski definition) is 1. The Morgan fingerprint density at radius 2 is 2.25 bits per heavy atom. The predicted octanol–water partition coefficient (Wildman–Crippen LogP) is 2.01. The maximum absolute atomic E-state index is 4.66. The SMILES string of the molecule is CCCNCc1nc(CN(C)Cc2cnn(C)c2)cs1. The second kappa shape index (κ2) is 7.52. The van der Waals surface area contributed by atoms with Crippen LogP contribution in [0.3, 0.4) is 0 Å². The standard InChI is InChI=1S/C14H23N5S/c1-4-5-15-7-14-17-13(11-20-14)10-18(2)8-12-6-16-19(3)9-12/h6,9,11,15H,4-5,7-8,10H2,1-3H3. The first-order valence-corrected chi connectivity index (χ1v) is 7.85. The van der Waals surface area contributed by atoms with E-state index in [0.29, 0.717) is 0 Å². The molecule has 110 valence electrons. The lowest BCUT2D eigenvalue weighted by Gasteiger charge is -2.13. The molecule has 0 fully saturated rings. The highest BCUT2D eigenvalue weighted by molar-refractivity contribution is 7.09. The molecule has 0 saturated carbocycles. The average molecular weight is 293 g/mol. The van der Waals surface area contributed by atoms with Gasteiger partial charge in [-0.1, -0.05) is 6.92 Å². The molecular formula is C14H23N5S. The van der Waals surface area contributed by atoms with Gasteiger partial charge in [-0.05, 0) is 20.0 Å². The zero-order valence-electron chi connectivity index (χ0n) is 12.5. The van der Waals surface area contributed by atoms with Crippen LogP contribution in [0.15, 0.2) is 17.8 Å². The number of aromatic nitrogens is 3. The van der Waals surface area contributed by atoms with E-state index in [-0.39, 0.29) is 0 Å². The molecule has 0 radical (unpaired) electrons. The molecule has 2 aromatic rings. The Labute approximate surface area is 124 Å². The lowest BCUT2D eigenvalue weighted by Crippen LogP contribution is -2.17. The molecule has 0 bridgehead atoms. The molecule has 0 aliphatic carbocycles. The summed E-state index contributed by atoms with van der Waals surface area (Å²) in [6, 6.07) is 0. The second-order valence-corrected chi connectivity index (χ2v) is 6.05. The molecule has 20 heavy (non-hydrogen) atoms. The minimum atomic E-state index is 0.874. The third-order valence-electron chi connectivity index (χ3n) is 2.95. The van der Waals surface area contributed by atoms with Gasteiger partial charge in [0.25, 0.3) is 0 Å². The number of rotatable bonds is 8. The van der Waals surface area contributed by atoms with Crippen molar-refractivity contribution in [1.29, 1.82) is 0 Å². The van der Waals surface area contributed by atoms with E-state index in [1.807, 2.05) is 17.9 Å². The van der Waals surface area contributed by atoms with E-state index in [9.17, 15) is 0 Å². The normalized spacial score (nSPS) is 11.4. The summed E-state index contributed by atoms with van der Waals surface area (Å²) in [5.41, 5.74) is 2.38. The van der Waals surface area contributed by atoms with Crippen molar-refractivity contribution in [3.8, 4) is 0 Å². The molecule has 0 amide bonds. The Morgan fingerprint density at radius 3 is 2.95 bits per heavy atom. The lowest BCUT2D eigenvalue weighted by molar-refractivity contribution is 0.315. The van der Waals surface area contributed by atoms with Crippen LogP contribution in [0.25, 0.3) is 0 Å². The molecule has 2 rings (SSSR count). The first kappa shape index (κ1) is 15.2. The first-order valence-electron chi connectivity index (χ1n) is 6.97. The molecule has 0 spiro atoms. The van der Waals surface area contributed by atoms with E-state index in [1.165, 1.54) is 10.6 Å². The molecule has 1 N–H and O–H groups in total. The first-order chi connectivity index (χ1) is 9.67. The average Bonchev–Trinajstić information content (AvgIpc) is 2.99. The van der Waals surface area contributed by atoms with Crippen LogP contribution in [0.2, 0.25) is 0 Å². The summed E-state index contributed by atoms with van der Waals surface area (Å²) in [7, 11) is 4.06. The molecule has 0 aliphatic rings. The molecular weight excluding hydrogens is 270 g/mol. The van der Waals surface area contributed by atoms with Gasteiger partial charge in [-0.15, -0.1) is 11.3 Å². The second-order valence-electron chi connectivity index (χ2n) is 5.10. The summed E-state index contributed by atoms with van der Waals surface area (Å²) in [4.78, 5) is 6.92. The van der Waals surface area contributed by atoms with Gasteiger partial charge in [0.1, 0.15) is 5.01 Å². The van der Waals surface area contributed by atoms with E-state index in [4.69, 9.17) is 0 Å². The molecule has 0 saturated heterocycles. The fraction of sp³-hybridized carbons (Fsp3) is 0.571. The van der Waals surface area contributed by atoms with Gasteiger partial charge in [0.05, 0.1) is 11.9 Å². The maximum Gasteiger partial charge on any atom is 0.107 e. The van der Waals surface area contributed by atoms with Crippen molar-refractivity contribution in [2.45, 2.75) is 33.0 Å². The number of hydrogen-bond acceptors (Lipinski definition) is 5. The van der Waals surface area contributed by atoms with Crippen LogP contribution in [-0.4, -0.2) is 33.3 Å². The van der Waals surface area contributed by atoms with Crippen molar-refractivity contribution in [3.05, 3.63) is 34.0 Å². The van der Waals surface area contributed by atoms with Crippen LogP contribution in [0, 0.1) is 0 Å². The van der Waals surface area contributed by atoms with Crippen LogP contribution in [0.5, 0.6) is 0 Å². The number of nitrogens with one attached hydrogen (secondary N) is 1. The number of thiazole rings is 1. The zero-order valence-corrected chi connectivity index (χ0v) is 13.3. The van der Waals surface area contributed by atoms with Gasteiger partial charge in [0, 0.05) is 43.8 Å².